The predicted octanol–water partition coefficient (Wildman–Crippen LogP) is 4.81. The van der Waals surface area contributed by atoms with Crippen LogP contribution in [0.1, 0.15) is 31.2 Å². The van der Waals surface area contributed by atoms with E-state index >= 15 is 0 Å². The van der Waals surface area contributed by atoms with Crippen LogP contribution in [0.3, 0.4) is 0 Å². The van der Waals surface area contributed by atoms with Gasteiger partial charge in [0.15, 0.2) is 0 Å². The molecule has 2 aromatic rings. The van der Waals surface area contributed by atoms with Crippen molar-refractivity contribution in [3.05, 3.63) is 60.2 Å². The number of hydrogen-bond acceptors (Lipinski definition) is 3. The Morgan fingerprint density at radius 1 is 0.833 bits per heavy atom. The molecule has 0 radical (unpaired) electrons. The third-order valence-corrected chi connectivity index (χ3v) is 5.31. The molecule has 1 atom stereocenters. The summed E-state index contributed by atoms with van der Waals surface area (Å²) in [6, 6.07) is 19.1. The molecule has 124 valence electrons. The average molecular weight is 339 g/mol. The number of nitrogens with one attached hydrogen (secondary N) is 1. The number of carbonyl (C=O) groups is 2. The van der Waals surface area contributed by atoms with Gasteiger partial charge in [-0.15, -0.1) is 0 Å². The molecule has 3 rings (SSSR count). The first-order valence-electron chi connectivity index (χ1n) is 8.38. The number of thioether (sulfide) groups is 1. The molecule has 0 spiro atoms. The molecule has 1 fully saturated rings. The van der Waals surface area contributed by atoms with E-state index in [9.17, 15) is 9.59 Å². The summed E-state index contributed by atoms with van der Waals surface area (Å²) in [6.45, 7) is 0. The van der Waals surface area contributed by atoms with E-state index in [-0.39, 0.29) is 16.4 Å². The second-order valence-electron chi connectivity index (χ2n) is 6.05. The minimum absolute atomic E-state index is 0.124. The summed E-state index contributed by atoms with van der Waals surface area (Å²) in [6.07, 6.45) is 5.02. The van der Waals surface area contributed by atoms with Crippen molar-refractivity contribution in [3.63, 3.8) is 0 Å². The van der Waals surface area contributed by atoms with Crippen molar-refractivity contribution < 1.29 is 9.59 Å². The summed E-state index contributed by atoms with van der Waals surface area (Å²) < 4.78 is 0. The predicted molar refractivity (Wildman–Crippen MR) is 99.0 cm³/mol. The number of aryl methyl sites for hydroxylation is 1. The first-order valence-corrected chi connectivity index (χ1v) is 9.26. The Kier molecular flexibility index (Phi) is 5.70. The maximum absolute atomic E-state index is 11.5. The lowest BCUT2D eigenvalue weighted by Gasteiger charge is -2.06. The Labute approximate surface area is 146 Å². The summed E-state index contributed by atoms with van der Waals surface area (Å²) in [4.78, 5) is 22.6. The van der Waals surface area contributed by atoms with E-state index in [2.05, 4.69) is 53.8 Å². The quantitative estimate of drug-likeness (QED) is 0.737. The topological polar surface area (TPSA) is 46.2 Å². The van der Waals surface area contributed by atoms with Crippen LogP contribution in [0.5, 0.6) is 0 Å². The van der Waals surface area contributed by atoms with E-state index in [0.717, 1.165) is 43.9 Å². The average Bonchev–Trinajstić information content (AvgIpc) is 2.93. The molecule has 0 bridgehead atoms. The van der Waals surface area contributed by atoms with Gasteiger partial charge in [0, 0.05) is 0 Å². The SMILES string of the molecule is O=C1NC(=O)C(CCCCCc2ccc(-c3ccccc3)cc2)S1. The number of imide groups is 1. The normalized spacial score (nSPS) is 17.1. The van der Waals surface area contributed by atoms with Gasteiger partial charge in [-0.3, -0.25) is 14.9 Å². The van der Waals surface area contributed by atoms with Crippen LogP contribution in [-0.2, 0) is 11.2 Å². The van der Waals surface area contributed by atoms with Crippen LogP contribution >= 0.6 is 11.8 Å². The minimum atomic E-state index is -0.205. The largest absolute Gasteiger partial charge is 0.286 e. The van der Waals surface area contributed by atoms with Crippen LogP contribution in [0.25, 0.3) is 11.1 Å². The van der Waals surface area contributed by atoms with Crippen LogP contribution < -0.4 is 5.32 Å². The lowest BCUT2D eigenvalue weighted by atomic mass is 10.0. The molecule has 2 amide bonds. The van der Waals surface area contributed by atoms with Crippen molar-refractivity contribution in [1.29, 1.82) is 0 Å². The third-order valence-electron chi connectivity index (χ3n) is 4.26. The fourth-order valence-corrected chi connectivity index (χ4v) is 3.78. The Morgan fingerprint density at radius 3 is 2.21 bits per heavy atom. The van der Waals surface area contributed by atoms with E-state index < -0.39 is 0 Å². The molecular weight excluding hydrogens is 318 g/mol. The molecule has 1 unspecified atom stereocenters. The highest BCUT2D eigenvalue weighted by Gasteiger charge is 2.30. The second kappa shape index (κ2) is 8.15. The maximum Gasteiger partial charge on any atom is 0.286 e. The number of rotatable bonds is 7. The molecule has 0 aliphatic carbocycles. The molecule has 4 heteroatoms. The Morgan fingerprint density at radius 2 is 1.54 bits per heavy atom. The molecule has 2 aromatic carbocycles. The smallest absolute Gasteiger partial charge is 0.286 e. The summed E-state index contributed by atoms with van der Waals surface area (Å²) in [5, 5.41) is 1.95. The molecule has 1 saturated heterocycles. The summed E-state index contributed by atoms with van der Waals surface area (Å²) in [5.41, 5.74) is 3.83. The molecule has 0 saturated carbocycles. The minimum Gasteiger partial charge on any atom is -0.286 e. The van der Waals surface area contributed by atoms with Gasteiger partial charge in [-0.05, 0) is 36.0 Å². The molecular formula is C20H21NO2S. The molecule has 24 heavy (non-hydrogen) atoms. The van der Waals surface area contributed by atoms with Crippen molar-refractivity contribution in [3.8, 4) is 11.1 Å². The van der Waals surface area contributed by atoms with E-state index in [1.807, 2.05) is 6.07 Å². The molecule has 1 N–H and O–H groups in total. The van der Waals surface area contributed by atoms with Crippen LogP contribution in [0.15, 0.2) is 54.6 Å². The van der Waals surface area contributed by atoms with Crippen molar-refractivity contribution >= 4 is 22.9 Å². The van der Waals surface area contributed by atoms with Gasteiger partial charge in [0.05, 0.1) is 5.25 Å². The van der Waals surface area contributed by atoms with Gasteiger partial charge < -0.3 is 0 Å². The fourth-order valence-electron chi connectivity index (χ4n) is 2.91. The number of carbonyl (C=O) groups excluding carboxylic acids is 2. The highest BCUT2D eigenvalue weighted by atomic mass is 32.2. The highest BCUT2D eigenvalue weighted by molar-refractivity contribution is 8.15. The van der Waals surface area contributed by atoms with Crippen molar-refractivity contribution in [2.45, 2.75) is 37.4 Å². The van der Waals surface area contributed by atoms with E-state index in [1.165, 1.54) is 16.7 Å². The Hall–Kier alpha value is -2.07. The lowest BCUT2D eigenvalue weighted by molar-refractivity contribution is -0.119. The molecule has 1 aliphatic heterocycles. The summed E-state index contributed by atoms with van der Waals surface area (Å²) >= 11 is 1.13. The zero-order valence-electron chi connectivity index (χ0n) is 13.5. The maximum atomic E-state index is 11.5. The highest BCUT2D eigenvalue weighted by Crippen LogP contribution is 2.24. The Balaban J connectivity index is 1.39. The monoisotopic (exact) mass is 339 g/mol. The van der Waals surface area contributed by atoms with Gasteiger partial charge in [-0.25, -0.2) is 0 Å². The zero-order valence-corrected chi connectivity index (χ0v) is 14.4. The second-order valence-corrected chi connectivity index (χ2v) is 7.22. The summed E-state index contributed by atoms with van der Waals surface area (Å²) in [7, 11) is 0. The molecule has 0 aromatic heterocycles. The fraction of sp³-hybridized carbons (Fsp3) is 0.300. The third kappa shape index (κ3) is 4.48. The van der Waals surface area contributed by atoms with Gasteiger partial charge >= 0.3 is 0 Å². The van der Waals surface area contributed by atoms with E-state index in [4.69, 9.17) is 0 Å². The number of hydrogen-bond donors (Lipinski definition) is 1. The first kappa shape index (κ1) is 16.8. The number of amides is 2. The number of unbranched alkanes of at least 4 members (excludes halogenated alkanes) is 2. The van der Waals surface area contributed by atoms with E-state index in [1.54, 1.807) is 0 Å². The molecule has 3 nitrogen and oxygen atoms in total. The van der Waals surface area contributed by atoms with Crippen LogP contribution in [0, 0.1) is 0 Å². The standard InChI is InChI=1S/C20H21NO2S/c22-19-18(24-20(23)21-19)10-6-1-3-7-15-11-13-17(14-12-15)16-8-4-2-5-9-16/h2,4-5,8-9,11-14,18H,1,3,6-7,10H2,(H,21,22,23). The van der Waals surface area contributed by atoms with E-state index in [0.29, 0.717) is 0 Å². The van der Waals surface area contributed by atoms with Crippen LogP contribution in [0.4, 0.5) is 4.79 Å². The summed E-state index contributed by atoms with van der Waals surface area (Å²) in [5.74, 6) is -0.124. The first-order chi connectivity index (χ1) is 11.7. The van der Waals surface area contributed by atoms with Crippen molar-refractivity contribution in [2.24, 2.45) is 0 Å². The zero-order chi connectivity index (χ0) is 16.8. The number of benzene rings is 2. The van der Waals surface area contributed by atoms with Gasteiger partial charge in [0.1, 0.15) is 0 Å². The molecule has 1 heterocycles. The van der Waals surface area contributed by atoms with Crippen LogP contribution in [0.2, 0.25) is 0 Å². The van der Waals surface area contributed by atoms with Crippen LogP contribution in [-0.4, -0.2) is 16.4 Å². The van der Waals surface area contributed by atoms with Crippen molar-refractivity contribution in [1.82, 2.24) is 5.32 Å². The van der Waals surface area contributed by atoms with Gasteiger partial charge in [0.25, 0.3) is 5.24 Å². The van der Waals surface area contributed by atoms with Gasteiger partial charge in [0.2, 0.25) is 5.91 Å². The van der Waals surface area contributed by atoms with Gasteiger partial charge in [-0.2, -0.15) is 0 Å². The molecule has 1 aliphatic rings. The Bertz CT molecular complexity index is 697. The van der Waals surface area contributed by atoms with Gasteiger partial charge in [-0.1, -0.05) is 79.2 Å². The van der Waals surface area contributed by atoms with Crippen molar-refractivity contribution in [2.75, 3.05) is 0 Å². The lowest BCUT2D eigenvalue weighted by Crippen LogP contribution is -2.24.